The number of likely N-dealkylation sites (tertiary alicyclic amines) is 1. The van der Waals surface area contributed by atoms with Crippen LogP contribution in [0.3, 0.4) is 0 Å². The number of nitrogens with zero attached hydrogens (tertiary/aromatic N) is 2. The minimum atomic E-state index is -0.227. The Morgan fingerprint density at radius 1 is 0.938 bits per heavy atom. The molecule has 4 atom stereocenters. The smallest absolute Gasteiger partial charge is 0.247 e. The second kappa shape index (κ2) is 8.41. The highest BCUT2D eigenvalue weighted by molar-refractivity contribution is 6.09. The Bertz CT molecular complexity index is 1010. The minimum absolute atomic E-state index is 0.0614. The molecule has 0 unspecified atom stereocenters. The molecule has 3 amide bonds. The van der Waals surface area contributed by atoms with Crippen LogP contribution in [0.25, 0.3) is 0 Å². The molecule has 32 heavy (non-hydrogen) atoms. The van der Waals surface area contributed by atoms with Crippen LogP contribution in [0.15, 0.2) is 54.6 Å². The molecule has 1 saturated carbocycles. The van der Waals surface area contributed by atoms with Crippen molar-refractivity contribution in [2.24, 2.45) is 11.8 Å². The number of anilines is 2. The quantitative estimate of drug-likeness (QED) is 0.739. The van der Waals surface area contributed by atoms with Crippen molar-refractivity contribution >= 4 is 29.1 Å². The zero-order valence-corrected chi connectivity index (χ0v) is 18.4. The monoisotopic (exact) mass is 431 g/mol. The Morgan fingerprint density at radius 2 is 1.56 bits per heavy atom. The number of carbonyl (C=O) groups excluding carboxylic acids is 3. The number of rotatable bonds is 4. The van der Waals surface area contributed by atoms with Gasteiger partial charge in [0.05, 0.1) is 17.9 Å². The van der Waals surface area contributed by atoms with Gasteiger partial charge in [-0.1, -0.05) is 49.2 Å². The number of para-hydroxylation sites is 2. The summed E-state index contributed by atoms with van der Waals surface area (Å²) in [5.74, 6) is -0.961. The number of carbonyl (C=O) groups is 3. The van der Waals surface area contributed by atoms with Crippen LogP contribution < -0.4 is 10.2 Å². The molecule has 1 aliphatic carbocycles. The van der Waals surface area contributed by atoms with Gasteiger partial charge in [-0.15, -0.1) is 0 Å². The molecule has 5 rings (SSSR count). The topological polar surface area (TPSA) is 69.7 Å². The third-order valence-electron chi connectivity index (χ3n) is 7.20. The van der Waals surface area contributed by atoms with Gasteiger partial charge in [0.1, 0.15) is 6.54 Å². The normalized spacial score (nSPS) is 27.2. The van der Waals surface area contributed by atoms with Gasteiger partial charge in [0.2, 0.25) is 17.7 Å². The number of benzene rings is 2. The lowest BCUT2D eigenvalue weighted by atomic mass is 9.81. The molecular weight excluding hydrogens is 402 g/mol. The molecule has 0 spiro atoms. The van der Waals surface area contributed by atoms with Gasteiger partial charge in [0.25, 0.3) is 0 Å². The van der Waals surface area contributed by atoms with E-state index in [1.165, 1.54) is 4.90 Å². The fraction of sp³-hybridized carbons (Fsp3) is 0.423. The summed E-state index contributed by atoms with van der Waals surface area (Å²) in [6.07, 6.45) is 4.22. The first-order valence-corrected chi connectivity index (χ1v) is 11.6. The second-order valence-corrected chi connectivity index (χ2v) is 9.23. The summed E-state index contributed by atoms with van der Waals surface area (Å²) >= 11 is 0. The summed E-state index contributed by atoms with van der Waals surface area (Å²) in [4.78, 5) is 42.2. The number of fused-ring (bicyclic) bond motifs is 2. The van der Waals surface area contributed by atoms with Crippen molar-refractivity contribution in [3.05, 3.63) is 60.2 Å². The maximum atomic E-state index is 13.4. The van der Waals surface area contributed by atoms with Crippen molar-refractivity contribution in [2.75, 3.05) is 16.8 Å². The largest absolute Gasteiger partial charge is 0.378 e. The molecule has 6 nitrogen and oxygen atoms in total. The molecule has 1 saturated heterocycles. The van der Waals surface area contributed by atoms with Crippen molar-refractivity contribution in [3.8, 4) is 0 Å². The lowest BCUT2D eigenvalue weighted by Crippen LogP contribution is -2.49. The van der Waals surface area contributed by atoms with Crippen LogP contribution in [0, 0.1) is 11.8 Å². The first-order chi connectivity index (χ1) is 15.5. The highest BCUT2D eigenvalue weighted by Gasteiger charge is 2.49. The van der Waals surface area contributed by atoms with Crippen LogP contribution in [-0.2, 0) is 14.4 Å². The lowest BCUT2D eigenvalue weighted by molar-refractivity contribution is -0.143. The predicted molar refractivity (Wildman–Crippen MR) is 123 cm³/mol. The van der Waals surface area contributed by atoms with E-state index in [2.05, 4.69) is 5.32 Å². The summed E-state index contributed by atoms with van der Waals surface area (Å²) in [7, 11) is 0. The first-order valence-electron chi connectivity index (χ1n) is 11.6. The van der Waals surface area contributed by atoms with Crippen LogP contribution in [0.4, 0.5) is 11.4 Å². The van der Waals surface area contributed by atoms with Gasteiger partial charge in [0, 0.05) is 17.4 Å². The van der Waals surface area contributed by atoms with Gasteiger partial charge in [-0.25, -0.2) is 0 Å². The fourth-order valence-corrected chi connectivity index (χ4v) is 5.66. The zero-order valence-electron chi connectivity index (χ0n) is 18.4. The van der Waals surface area contributed by atoms with Crippen molar-refractivity contribution in [1.82, 2.24) is 4.90 Å². The molecule has 2 aliphatic heterocycles. The van der Waals surface area contributed by atoms with E-state index in [1.807, 2.05) is 61.5 Å². The Balaban J connectivity index is 1.38. The van der Waals surface area contributed by atoms with Gasteiger partial charge < -0.3 is 10.2 Å². The summed E-state index contributed by atoms with van der Waals surface area (Å²) in [6, 6.07) is 18.0. The highest BCUT2D eigenvalue weighted by atomic mass is 16.2. The third kappa shape index (κ3) is 3.57. The molecule has 2 aromatic rings. The van der Waals surface area contributed by atoms with Gasteiger partial charge >= 0.3 is 0 Å². The predicted octanol–water partition coefficient (Wildman–Crippen LogP) is 4.14. The molecule has 0 aromatic heterocycles. The molecule has 166 valence electrons. The standard InChI is InChI=1S/C26H29N3O3/c1-17-15-22(27-18-9-3-2-4-10-18)21-13-7-8-14-23(21)29(17)24(30)16-28-25(31)19-11-5-6-12-20(19)26(28)32/h2-4,7-10,13-14,17,19-20,22,27H,5-6,11-12,15-16H2,1H3/t17-,19-,20+,22+/m0/s1. The van der Waals surface area contributed by atoms with E-state index in [-0.39, 0.29) is 48.2 Å². The van der Waals surface area contributed by atoms with Crippen LogP contribution >= 0.6 is 0 Å². The van der Waals surface area contributed by atoms with E-state index in [0.29, 0.717) is 0 Å². The van der Waals surface area contributed by atoms with Crippen LogP contribution in [0.1, 0.15) is 50.6 Å². The maximum Gasteiger partial charge on any atom is 0.247 e. The van der Waals surface area contributed by atoms with Crippen molar-refractivity contribution in [3.63, 3.8) is 0 Å². The van der Waals surface area contributed by atoms with Crippen LogP contribution in [0.5, 0.6) is 0 Å². The van der Waals surface area contributed by atoms with E-state index >= 15 is 0 Å². The molecule has 6 heteroatoms. The van der Waals surface area contributed by atoms with E-state index in [4.69, 9.17) is 0 Å². The number of imide groups is 1. The van der Waals surface area contributed by atoms with Gasteiger partial charge in [0.15, 0.2) is 0 Å². The van der Waals surface area contributed by atoms with Crippen LogP contribution in [0.2, 0.25) is 0 Å². The van der Waals surface area contributed by atoms with Crippen LogP contribution in [-0.4, -0.2) is 35.2 Å². The van der Waals surface area contributed by atoms with Gasteiger partial charge in [-0.3, -0.25) is 19.3 Å². The molecule has 2 fully saturated rings. The van der Waals surface area contributed by atoms with E-state index in [0.717, 1.165) is 49.0 Å². The Morgan fingerprint density at radius 3 is 2.25 bits per heavy atom. The summed E-state index contributed by atoms with van der Waals surface area (Å²) in [5.41, 5.74) is 2.94. The van der Waals surface area contributed by atoms with Gasteiger partial charge in [-0.05, 0) is 49.9 Å². The number of hydrogen-bond acceptors (Lipinski definition) is 4. The second-order valence-electron chi connectivity index (χ2n) is 9.23. The maximum absolute atomic E-state index is 13.4. The highest BCUT2D eigenvalue weighted by Crippen LogP contribution is 2.40. The fourth-order valence-electron chi connectivity index (χ4n) is 5.66. The molecule has 0 bridgehead atoms. The Kier molecular flexibility index (Phi) is 5.45. The van der Waals surface area contributed by atoms with E-state index in [1.54, 1.807) is 4.90 Å². The molecule has 2 heterocycles. The van der Waals surface area contributed by atoms with Gasteiger partial charge in [-0.2, -0.15) is 0 Å². The summed E-state index contributed by atoms with van der Waals surface area (Å²) in [6.45, 7) is 1.86. The molecule has 0 radical (unpaired) electrons. The minimum Gasteiger partial charge on any atom is -0.378 e. The number of hydrogen-bond donors (Lipinski definition) is 1. The van der Waals surface area contributed by atoms with E-state index < -0.39 is 0 Å². The Labute approximate surface area is 188 Å². The molecule has 2 aromatic carbocycles. The molecular formula is C26H29N3O3. The van der Waals surface area contributed by atoms with Crippen molar-refractivity contribution in [1.29, 1.82) is 0 Å². The zero-order chi connectivity index (χ0) is 22.2. The summed E-state index contributed by atoms with van der Waals surface area (Å²) in [5, 5.41) is 3.59. The average molecular weight is 432 g/mol. The number of nitrogens with one attached hydrogen (secondary N) is 1. The average Bonchev–Trinajstić information content (AvgIpc) is 3.05. The number of amides is 3. The summed E-state index contributed by atoms with van der Waals surface area (Å²) < 4.78 is 0. The first kappa shape index (κ1) is 20.7. The molecule has 1 N–H and O–H groups in total. The third-order valence-corrected chi connectivity index (χ3v) is 7.20. The van der Waals surface area contributed by atoms with Crippen molar-refractivity contribution in [2.45, 2.75) is 51.1 Å². The molecule has 3 aliphatic rings. The Hall–Kier alpha value is -3.15. The van der Waals surface area contributed by atoms with Crippen molar-refractivity contribution < 1.29 is 14.4 Å². The van der Waals surface area contributed by atoms with E-state index in [9.17, 15) is 14.4 Å². The lowest BCUT2D eigenvalue weighted by Gasteiger charge is -2.40. The SMILES string of the molecule is C[C@H]1C[C@@H](Nc2ccccc2)c2ccccc2N1C(=O)CN1C(=O)[C@H]2CCCC[C@H]2C1=O.